The minimum Gasteiger partial charge on any atom is -0.497 e. The fourth-order valence-electron chi connectivity index (χ4n) is 2.21. The van der Waals surface area contributed by atoms with E-state index in [1.54, 1.807) is 14.0 Å². The lowest BCUT2D eigenvalue weighted by Gasteiger charge is -2.26. The average Bonchev–Trinajstić information content (AvgIpc) is 2.55. The highest BCUT2D eigenvalue weighted by Crippen LogP contribution is 2.25. The van der Waals surface area contributed by atoms with E-state index < -0.39 is 0 Å². The summed E-state index contributed by atoms with van der Waals surface area (Å²) in [6.07, 6.45) is 0. The zero-order chi connectivity index (χ0) is 15.1. The van der Waals surface area contributed by atoms with Crippen LogP contribution in [-0.2, 0) is 4.74 Å². The van der Waals surface area contributed by atoms with Crippen molar-refractivity contribution in [2.75, 3.05) is 46.6 Å². The lowest BCUT2D eigenvalue weighted by atomic mass is 10.1. The SMILES string of the molecule is COc1ccc(/C(C)=N/O)c(OCCN2CCOCC2)c1. The maximum Gasteiger partial charge on any atom is 0.132 e. The van der Waals surface area contributed by atoms with E-state index in [-0.39, 0.29) is 0 Å². The Kier molecular flexibility index (Phi) is 5.83. The predicted molar refractivity (Wildman–Crippen MR) is 79.7 cm³/mol. The number of hydrogen-bond donors (Lipinski definition) is 1. The lowest BCUT2D eigenvalue weighted by molar-refractivity contribution is 0.0322. The smallest absolute Gasteiger partial charge is 0.132 e. The van der Waals surface area contributed by atoms with Crippen LogP contribution in [0.2, 0.25) is 0 Å². The van der Waals surface area contributed by atoms with Gasteiger partial charge < -0.3 is 19.4 Å². The van der Waals surface area contributed by atoms with Gasteiger partial charge in [-0.25, -0.2) is 0 Å². The summed E-state index contributed by atoms with van der Waals surface area (Å²) in [6, 6.07) is 5.46. The molecular weight excluding hydrogens is 272 g/mol. The van der Waals surface area contributed by atoms with Crippen LogP contribution in [0.25, 0.3) is 0 Å². The minimum absolute atomic E-state index is 0.513. The van der Waals surface area contributed by atoms with E-state index in [1.807, 2.05) is 18.2 Å². The van der Waals surface area contributed by atoms with Gasteiger partial charge in [-0.3, -0.25) is 4.90 Å². The normalized spacial score (nSPS) is 16.8. The van der Waals surface area contributed by atoms with Gasteiger partial charge in [0.2, 0.25) is 0 Å². The van der Waals surface area contributed by atoms with Gasteiger partial charge in [0.1, 0.15) is 18.1 Å². The number of oxime groups is 1. The summed E-state index contributed by atoms with van der Waals surface area (Å²) in [7, 11) is 1.61. The summed E-state index contributed by atoms with van der Waals surface area (Å²) in [4.78, 5) is 2.30. The molecule has 0 unspecified atom stereocenters. The molecule has 1 saturated heterocycles. The highest BCUT2D eigenvalue weighted by atomic mass is 16.5. The fourth-order valence-corrected chi connectivity index (χ4v) is 2.21. The second kappa shape index (κ2) is 7.85. The third kappa shape index (κ3) is 4.34. The van der Waals surface area contributed by atoms with Crippen molar-refractivity contribution >= 4 is 5.71 Å². The monoisotopic (exact) mass is 294 g/mol. The number of nitrogens with zero attached hydrogens (tertiary/aromatic N) is 2. The molecule has 1 heterocycles. The first-order chi connectivity index (χ1) is 10.2. The van der Waals surface area contributed by atoms with Crippen LogP contribution in [0, 0.1) is 0 Å². The van der Waals surface area contributed by atoms with Gasteiger partial charge in [0.25, 0.3) is 0 Å². The first-order valence-corrected chi connectivity index (χ1v) is 7.04. The molecule has 1 aliphatic rings. The number of methoxy groups -OCH3 is 1. The highest BCUT2D eigenvalue weighted by molar-refractivity contribution is 6.00. The van der Waals surface area contributed by atoms with E-state index in [1.165, 1.54) is 0 Å². The maximum absolute atomic E-state index is 8.95. The van der Waals surface area contributed by atoms with Crippen molar-refractivity contribution < 1.29 is 19.4 Å². The number of morpholine rings is 1. The van der Waals surface area contributed by atoms with Gasteiger partial charge >= 0.3 is 0 Å². The van der Waals surface area contributed by atoms with Crippen molar-refractivity contribution in [3.63, 3.8) is 0 Å². The Balaban J connectivity index is 1.99. The van der Waals surface area contributed by atoms with Crippen LogP contribution in [0.1, 0.15) is 12.5 Å². The second-order valence-corrected chi connectivity index (χ2v) is 4.85. The molecule has 1 aliphatic heterocycles. The van der Waals surface area contributed by atoms with E-state index in [0.717, 1.165) is 38.4 Å². The van der Waals surface area contributed by atoms with Crippen LogP contribution in [0.5, 0.6) is 11.5 Å². The molecule has 0 aromatic heterocycles. The van der Waals surface area contributed by atoms with Gasteiger partial charge in [-0.15, -0.1) is 0 Å². The second-order valence-electron chi connectivity index (χ2n) is 4.85. The Morgan fingerprint density at radius 2 is 2.14 bits per heavy atom. The topological polar surface area (TPSA) is 63.5 Å². The molecule has 116 valence electrons. The van der Waals surface area contributed by atoms with E-state index in [0.29, 0.717) is 23.8 Å². The van der Waals surface area contributed by atoms with Crippen molar-refractivity contribution in [1.29, 1.82) is 0 Å². The van der Waals surface area contributed by atoms with Gasteiger partial charge in [-0.1, -0.05) is 5.16 Å². The fraction of sp³-hybridized carbons (Fsp3) is 0.533. The Morgan fingerprint density at radius 3 is 2.81 bits per heavy atom. The third-order valence-electron chi connectivity index (χ3n) is 3.50. The van der Waals surface area contributed by atoms with Crippen LogP contribution >= 0.6 is 0 Å². The molecule has 0 radical (unpaired) electrons. The van der Waals surface area contributed by atoms with Gasteiger partial charge in [0.05, 0.1) is 26.0 Å². The van der Waals surface area contributed by atoms with E-state index in [4.69, 9.17) is 19.4 Å². The molecule has 21 heavy (non-hydrogen) atoms. The molecule has 6 heteroatoms. The quantitative estimate of drug-likeness (QED) is 0.490. The van der Waals surface area contributed by atoms with Crippen LogP contribution in [0.4, 0.5) is 0 Å². The highest BCUT2D eigenvalue weighted by Gasteiger charge is 2.12. The van der Waals surface area contributed by atoms with Crippen molar-refractivity contribution in [3.05, 3.63) is 23.8 Å². The Morgan fingerprint density at radius 1 is 1.38 bits per heavy atom. The Hall–Kier alpha value is -1.79. The molecule has 1 N–H and O–H groups in total. The summed E-state index contributed by atoms with van der Waals surface area (Å²) >= 11 is 0. The van der Waals surface area contributed by atoms with Crippen LogP contribution in [-0.4, -0.2) is 62.4 Å². The Labute approximate surface area is 124 Å². The standard InChI is InChI=1S/C15H22N2O4/c1-12(16-18)14-4-3-13(19-2)11-15(14)21-10-7-17-5-8-20-9-6-17/h3-4,11,18H,5-10H2,1-2H3/b16-12+. The zero-order valence-electron chi connectivity index (χ0n) is 12.5. The van der Waals surface area contributed by atoms with Crippen molar-refractivity contribution in [2.45, 2.75) is 6.92 Å². The molecule has 1 aromatic carbocycles. The molecule has 0 spiro atoms. The first kappa shape index (κ1) is 15.6. The number of ether oxygens (including phenoxy) is 3. The molecular formula is C15H22N2O4. The third-order valence-corrected chi connectivity index (χ3v) is 3.50. The Bertz CT molecular complexity index is 485. The van der Waals surface area contributed by atoms with Crippen LogP contribution in [0.15, 0.2) is 23.4 Å². The van der Waals surface area contributed by atoms with Crippen LogP contribution < -0.4 is 9.47 Å². The minimum atomic E-state index is 0.513. The maximum atomic E-state index is 8.95. The summed E-state index contributed by atoms with van der Waals surface area (Å²) in [5.74, 6) is 1.38. The van der Waals surface area contributed by atoms with Crippen molar-refractivity contribution in [1.82, 2.24) is 4.90 Å². The number of benzene rings is 1. The molecule has 0 aliphatic carbocycles. The van der Waals surface area contributed by atoms with Gasteiger partial charge in [-0.05, 0) is 19.1 Å². The largest absolute Gasteiger partial charge is 0.497 e. The molecule has 0 bridgehead atoms. The van der Waals surface area contributed by atoms with Crippen molar-refractivity contribution in [3.8, 4) is 11.5 Å². The molecule has 0 amide bonds. The number of rotatable bonds is 6. The summed E-state index contributed by atoms with van der Waals surface area (Å²) in [5.41, 5.74) is 1.28. The molecule has 0 atom stereocenters. The summed E-state index contributed by atoms with van der Waals surface area (Å²) in [6.45, 7) is 6.57. The lowest BCUT2D eigenvalue weighted by Crippen LogP contribution is -2.38. The zero-order valence-corrected chi connectivity index (χ0v) is 12.5. The van der Waals surface area contributed by atoms with Gasteiger partial charge in [-0.2, -0.15) is 0 Å². The predicted octanol–water partition coefficient (Wildman–Crippen LogP) is 1.60. The molecule has 0 saturated carbocycles. The molecule has 1 fully saturated rings. The molecule has 1 aromatic rings. The molecule has 6 nitrogen and oxygen atoms in total. The van der Waals surface area contributed by atoms with E-state index in [9.17, 15) is 0 Å². The first-order valence-electron chi connectivity index (χ1n) is 7.04. The van der Waals surface area contributed by atoms with E-state index >= 15 is 0 Å². The average molecular weight is 294 g/mol. The van der Waals surface area contributed by atoms with Gasteiger partial charge in [0, 0.05) is 31.3 Å². The van der Waals surface area contributed by atoms with Crippen molar-refractivity contribution in [2.24, 2.45) is 5.16 Å². The molecule has 2 rings (SSSR count). The summed E-state index contributed by atoms with van der Waals surface area (Å²) < 4.78 is 16.4. The van der Waals surface area contributed by atoms with E-state index in [2.05, 4.69) is 10.1 Å². The summed E-state index contributed by atoms with van der Waals surface area (Å²) in [5, 5.41) is 12.2. The van der Waals surface area contributed by atoms with Crippen LogP contribution in [0.3, 0.4) is 0 Å². The van der Waals surface area contributed by atoms with Gasteiger partial charge in [0.15, 0.2) is 0 Å². The number of hydrogen-bond acceptors (Lipinski definition) is 6.